The van der Waals surface area contributed by atoms with Crippen LogP contribution in [0.1, 0.15) is 24.8 Å². The quantitative estimate of drug-likeness (QED) is 0.677. The van der Waals surface area contributed by atoms with Crippen molar-refractivity contribution in [3.8, 4) is 11.6 Å². The van der Waals surface area contributed by atoms with E-state index in [0.29, 0.717) is 37.0 Å². The second-order valence-corrected chi connectivity index (χ2v) is 7.36. The van der Waals surface area contributed by atoms with Crippen LogP contribution in [-0.4, -0.2) is 33.3 Å². The van der Waals surface area contributed by atoms with Crippen molar-refractivity contribution in [3.05, 3.63) is 54.4 Å². The van der Waals surface area contributed by atoms with Crippen LogP contribution in [0.2, 0.25) is 0 Å². The van der Waals surface area contributed by atoms with Crippen molar-refractivity contribution in [1.82, 2.24) is 14.8 Å². The van der Waals surface area contributed by atoms with Crippen molar-refractivity contribution >= 4 is 28.5 Å². The first-order valence-electron chi connectivity index (χ1n) is 9.55. The number of fused-ring (bicyclic) bond motifs is 1. The van der Waals surface area contributed by atoms with E-state index in [1.807, 2.05) is 59.7 Å². The second kappa shape index (κ2) is 7.03. The Morgan fingerprint density at radius 1 is 1.18 bits per heavy atom. The van der Waals surface area contributed by atoms with Crippen LogP contribution in [0.25, 0.3) is 16.5 Å². The Balaban J connectivity index is 1.30. The number of hydrogen-bond donors (Lipinski definition) is 0. The number of aliphatic imine (C=N–C) groups is 1. The van der Waals surface area contributed by atoms with Crippen molar-refractivity contribution in [2.24, 2.45) is 10.9 Å². The maximum atomic E-state index is 11.5. The molecule has 2 aromatic heterocycles. The SMILES string of the molecule is O=C1CC[C@@H](Cn2ncc3cc(Oc4ccc(C5=CC=NC5)cn4)ccc32)C1. The lowest BCUT2D eigenvalue weighted by Gasteiger charge is -2.10. The van der Waals surface area contributed by atoms with Crippen LogP contribution in [0.4, 0.5) is 0 Å². The number of allylic oxidation sites excluding steroid dienone is 1. The molecule has 6 nitrogen and oxygen atoms in total. The molecule has 140 valence electrons. The molecule has 3 heterocycles. The fraction of sp³-hybridized carbons (Fsp3) is 0.273. The molecule has 1 fully saturated rings. The van der Waals surface area contributed by atoms with Gasteiger partial charge >= 0.3 is 0 Å². The van der Waals surface area contributed by atoms with Gasteiger partial charge in [0.1, 0.15) is 11.5 Å². The zero-order valence-corrected chi connectivity index (χ0v) is 15.4. The maximum Gasteiger partial charge on any atom is 0.219 e. The first kappa shape index (κ1) is 16.9. The topological polar surface area (TPSA) is 69.4 Å². The van der Waals surface area contributed by atoms with Crippen LogP contribution in [0, 0.1) is 5.92 Å². The van der Waals surface area contributed by atoms with E-state index in [4.69, 9.17) is 4.74 Å². The lowest BCUT2D eigenvalue weighted by atomic mass is 10.1. The van der Waals surface area contributed by atoms with Crippen molar-refractivity contribution in [2.75, 3.05) is 6.54 Å². The zero-order valence-electron chi connectivity index (χ0n) is 15.4. The summed E-state index contributed by atoms with van der Waals surface area (Å²) in [5.41, 5.74) is 3.28. The van der Waals surface area contributed by atoms with E-state index in [9.17, 15) is 4.79 Å². The van der Waals surface area contributed by atoms with Crippen LogP contribution in [0.5, 0.6) is 11.6 Å². The predicted molar refractivity (Wildman–Crippen MR) is 108 cm³/mol. The average Bonchev–Trinajstić information content (AvgIpc) is 3.45. The number of nitrogens with zero attached hydrogens (tertiary/aromatic N) is 4. The minimum Gasteiger partial charge on any atom is -0.439 e. The number of ether oxygens (including phenoxy) is 1. The minimum atomic E-state index is 0.368. The molecule has 0 unspecified atom stereocenters. The molecule has 6 heteroatoms. The smallest absolute Gasteiger partial charge is 0.219 e. The van der Waals surface area contributed by atoms with E-state index < -0.39 is 0 Å². The molecule has 2 aliphatic rings. The van der Waals surface area contributed by atoms with Gasteiger partial charge in [0.05, 0.1) is 18.3 Å². The highest BCUT2D eigenvalue weighted by Crippen LogP contribution is 2.28. The molecule has 0 N–H and O–H groups in total. The number of Topliss-reactive ketones (excluding diaryl/α,β-unsaturated/α-hetero) is 1. The number of ketones is 1. The Morgan fingerprint density at radius 3 is 2.89 bits per heavy atom. The number of rotatable bonds is 5. The lowest BCUT2D eigenvalue weighted by molar-refractivity contribution is -0.117. The van der Waals surface area contributed by atoms with Gasteiger partial charge in [-0.2, -0.15) is 5.10 Å². The van der Waals surface area contributed by atoms with Gasteiger partial charge in [-0.25, -0.2) is 4.98 Å². The summed E-state index contributed by atoms with van der Waals surface area (Å²) in [4.78, 5) is 20.1. The average molecular weight is 372 g/mol. The molecule has 3 aromatic rings. The van der Waals surface area contributed by atoms with Gasteiger partial charge < -0.3 is 4.74 Å². The molecular weight excluding hydrogens is 352 g/mol. The normalized spacial score (nSPS) is 18.8. The fourth-order valence-corrected chi connectivity index (χ4v) is 3.85. The standard InChI is InChI=1S/C22H20N4O2/c27-19-3-1-15(9-19)14-26-21-5-4-20(10-18(21)13-25-26)28-22-6-2-16(12-24-22)17-7-8-23-11-17/h2,4-8,10,12-13,15H,1,3,9,11,14H2/t15-/m1/s1. The molecule has 5 rings (SSSR count). The molecule has 0 saturated heterocycles. The van der Waals surface area contributed by atoms with E-state index in [0.717, 1.165) is 40.8 Å². The van der Waals surface area contributed by atoms with Gasteiger partial charge in [0, 0.05) is 43.3 Å². The van der Waals surface area contributed by atoms with Gasteiger partial charge in [-0.3, -0.25) is 14.5 Å². The number of carbonyl (C=O) groups excluding carboxylic acids is 1. The second-order valence-electron chi connectivity index (χ2n) is 7.36. The minimum absolute atomic E-state index is 0.368. The molecule has 0 amide bonds. The van der Waals surface area contributed by atoms with Gasteiger partial charge in [-0.1, -0.05) is 0 Å². The number of aromatic nitrogens is 3. The van der Waals surface area contributed by atoms with Crippen molar-refractivity contribution < 1.29 is 9.53 Å². The highest BCUT2D eigenvalue weighted by atomic mass is 16.5. The molecule has 1 aliphatic heterocycles. The van der Waals surface area contributed by atoms with Gasteiger partial charge in [0.2, 0.25) is 5.88 Å². The fourth-order valence-electron chi connectivity index (χ4n) is 3.85. The Morgan fingerprint density at radius 2 is 2.14 bits per heavy atom. The van der Waals surface area contributed by atoms with E-state index in [2.05, 4.69) is 15.1 Å². The molecule has 0 bridgehead atoms. The number of benzene rings is 1. The van der Waals surface area contributed by atoms with E-state index >= 15 is 0 Å². The molecule has 0 spiro atoms. The van der Waals surface area contributed by atoms with Crippen LogP contribution in [0.3, 0.4) is 0 Å². The number of pyridine rings is 1. The lowest BCUT2D eigenvalue weighted by Crippen LogP contribution is -2.09. The van der Waals surface area contributed by atoms with Crippen LogP contribution in [-0.2, 0) is 11.3 Å². The van der Waals surface area contributed by atoms with Crippen molar-refractivity contribution in [1.29, 1.82) is 0 Å². The molecule has 1 saturated carbocycles. The van der Waals surface area contributed by atoms with Gasteiger partial charge in [-0.15, -0.1) is 0 Å². The molecule has 1 aliphatic carbocycles. The van der Waals surface area contributed by atoms with Gasteiger partial charge in [-0.05, 0) is 53.8 Å². The van der Waals surface area contributed by atoms with Gasteiger partial charge in [0.15, 0.2) is 0 Å². The summed E-state index contributed by atoms with van der Waals surface area (Å²) in [6, 6.07) is 9.80. The third-order valence-electron chi connectivity index (χ3n) is 5.36. The third-order valence-corrected chi connectivity index (χ3v) is 5.36. The first-order valence-corrected chi connectivity index (χ1v) is 9.55. The highest BCUT2D eigenvalue weighted by molar-refractivity contribution is 5.89. The first-order chi connectivity index (χ1) is 13.7. The van der Waals surface area contributed by atoms with Crippen LogP contribution in [0.15, 0.2) is 53.8 Å². The molecular formula is C22H20N4O2. The number of carbonyl (C=O) groups is 1. The summed E-state index contributed by atoms with van der Waals surface area (Å²) in [5, 5.41) is 5.52. The summed E-state index contributed by atoms with van der Waals surface area (Å²) >= 11 is 0. The van der Waals surface area contributed by atoms with E-state index in [-0.39, 0.29) is 0 Å². The predicted octanol–water partition coefficient (Wildman–Crippen LogP) is 4.06. The highest BCUT2D eigenvalue weighted by Gasteiger charge is 2.23. The Bertz CT molecular complexity index is 1100. The monoisotopic (exact) mass is 372 g/mol. The number of hydrogen-bond acceptors (Lipinski definition) is 5. The Labute approximate surface area is 162 Å². The van der Waals surface area contributed by atoms with Crippen LogP contribution < -0.4 is 4.74 Å². The summed E-state index contributed by atoms with van der Waals surface area (Å²) in [6.07, 6.45) is 9.83. The van der Waals surface area contributed by atoms with E-state index in [1.54, 1.807) is 0 Å². The maximum absolute atomic E-state index is 11.5. The summed E-state index contributed by atoms with van der Waals surface area (Å²) in [6.45, 7) is 1.50. The summed E-state index contributed by atoms with van der Waals surface area (Å²) in [5.74, 6) is 2.05. The Hall–Kier alpha value is -3.28. The summed E-state index contributed by atoms with van der Waals surface area (Å²) in [7, 11) is 0. The van der Waals surface area contributed by atoms with Crippen molar-refractivity contribution in [2.45, 2.75) is 25.8 Å². The Kier molecular flexibility index (Phi) is 4.24. The molecule has 0 radical (unpaired) electrons. The third kappa shape index (κ3) is 3.33. The van der Waals surface area contributed by atoms with E-state index in [1.165, 1.54) is 0 Å². The van der Waals surface area contributed by atoms with Crippen molar-refractivity contribution in [3.63, 3.8) is 0 Å². The van der Waals surface area contributed by atoms with Gasteiger partial charge in [0.25, 0.3) is 0 Å². The largest absolute Gasteiger partial charge is 0.439 e. The summed E-state index contributed by atoms with van der Waals surface area (Å²) < 4.78 is 7.91. The molecule has 1 aromatic carbocycles. The molecule has 1 atom stereocenters. The van der Waals surface area contributed by atoms with Crippen LogP contribution >= 0.6 is 0 Å². The zero-order chi connectivity index (χ0) is 18.9. The molecule has 28 heavy (non-hydrogen) atoms.